The summed E-state index contributed by atoms with van der Waals surface area (Å²) in [4.78, 5) is 22.7. The molecule has 17 heavy (non-hydrogen) atoms. The largest absolute Gasteiger partial charge is 0.355 e. The van der Waals surface area contributed by atoms with Gasteiger partial charge in [-0.05, 0) is 48.9 Å². The minimum atomic E-state index is -0.130. The van der Waals surface area contributed by atoms with E-state index in [1.165, 1.54) is 6.33 Å². The molecule has 2 heterocycles. The van der Waals surface area contributed by atoms with Crippen LogP contribution in [0.2, 0.25) is 0 Å². The fraction of sp³-hybridized carbons (Fsp3) is 0.636. The molecule has 1 aliphatic rings. The number of rotatable bonds is 2. The van der Waals surface area contributed by atoms with Crippen molar-refractivity contribution in [1.82, 2.24) is 14.9 Å². The summed E-state index contributed by atoms with van der Waals surface area (Å²) >= 11 is 3.30. The fourth-order valence-corrected chi connectivity index (χ4v) is 2.67. The summed E-state index contributed by atoms with van der Waals surface area (Å²) in [5.41, 5.74) is -0.130. The fourth-order valence-electron chi connectivity index (χ4n) is 2.17. The third-order valence-corrected chi connectivity index (χ3v) is 4.06. The summed E-state index contributed by atoms with van der Waals surface area (Å²) in [7, 11) is 4.14. The van der Waals surface area contributed by atoms with E-state index in [1.807, 2.05) is 7.05 Å². The second-order valence-corrected chi connectivity index (χ2v) is 5.31. The minimum absolute atomic E-state index is 0.130. The van der Waals surface area contributed by atoms with Gasteiger partial charge in [0, 0.05) is 13.1 Å². The number of nitrogens with zero attached hydrogens (tertiary/aromatic N) is 3. The molecule has 0 spiro atoms. The molecule has 5 nitrogen and oxygen atoms in total. The average Bonchev–Trinajstić information content (AvgIpc) is 2.33. The van der Waals surface area contributed by atoms with Crippen LogP contribution in [0.15, 0.2) is 15.6 Å². The molecule has 0 atom stereocenters. The van der Waals surface area contributed by atoms with Crippen LogP contribution in [-0.4, -0.2) is 48.1 Å². The van der Waals surface area contributed by atoms with Gasteiger partial charge in [-0.3, -0.25) is 4.79 Å². The second kappa shape index (κ2) is 5.18. The van der Waals surface area contributed by atoms with Crippen molar-refractivity contribution in [3.63, 3.8) is 0 Å². The molecule has 0 radical (unpaired) electrons. The zero-order valence-electron chi connectivity index (χ0n) is 10.1. The Morgan fingerprint density at radius 2 is 2.18 bits per heavy atom. The Kier molecular flexibility index (Phi) is 3.83. The highest BCUT2D eigenvalue weighted by Crippen LogP contribution is 2.23. The quantitative estimate of drug-likeness (QED) is 0.887. The Hall–Kier alpha value is -0.880. The Balaban J connectivity index is 2.17. The van der Waals surface area contributed by atoms with Crippen molar-refractivity contribution in [1.29, 1.82) is 0 Å². The molecule has 1 fully saturated rings. The number of halogens is 1. The lowest BCUT2D eigenvalue weighted by atomic mass is 10.0. The summed E-state index contributed by atoms with van der Waals surface area (Å²) in [6.45, 7) is 2.19. The maximum absolute atomic E-state index is 11.5. The molecule has 1 N–H and O–H groups in total. The molecule has 0 bridgehead atoms. The van der Waals surface area contributed by atoms with Gasteiger partial charge in [-0.1, -0.05) is 0 Å². The summed E-state index contributed by atoms with van der Waals surface area (Å²) in [6.07, 6.45) is 3.66. The zero-order valence-corrected chi connectivity index (χ0v) is 11.7. The van der Waals surface area contributed by atoms with E-state index in [2.05, 4.69) is 42.7 Å². The summed E-state index contributed by atoms with van der Waals surface area (Å²) < 4.78 is 0.515. The van der Waals surface area contributed by atoms with E-state index >= 15 is 0 Å². The van der Waals surface area contributed by atoms with Gasteiger partial charge < -0.3 is 14.8 Å². The highest BCUT2D eigenvalue weighted by molar-refractivity contribution is 9.10. The van der Waals surface area contributed by atoms with Crippen LogP contribution >= 0.6 is 15.9 Å². The molecule has 2 rings (SSSR count). The number of nitrogens with one attached hydrogen (secondary N) is 1. The van der Waals surface area contributed by atoms with Crippen molar-refractivity contribution in [2.45, 2.75) is 18.9 Å². The Morgan fingerprint density at radius 3 is 2.82 bits per heavy atom. The molecular weight excluding hydrogens is 284 g/mol. The van der Waals surface area contributed by atoms with Gasteiger partial charge in [0.25, 0.3) is 5.56 Å². The van der Waals surface area contributed by atoms with Gasteiger partial charge in [0.2, 0.25) is 0 Å². The maximum Gasteiger partial charge on any atom is 0.267 e. The average molecular weight is 301 g/mol. The van der Waals surface area contributed by atoms with Crippen LogP contribution < -0.4 is 10.5 Å². The van der Waals surface area contributed by atoms with E-state index in [4.69, 9.17) is 0 Å². The van der Waals surface area contributed by atoms with Gasteiger partial charge in [0.15, 0.2) is 0 Å². The van der Waals surface area contributed by atoms with Crippen molar-refractivity contribution in [3.05, 3.63) is 21.2 Å². The summed E-state index contributed by atoms with van der Waals surface area (Å²) in [6, 6.07) is 0.455. The number of aromatic nitrogens is 2. The van der Waals surface area contributed by atoms with Crippen LogP contribution in [0.4, 0.5) is 5.82 Å². The first-order chi connectivity index (χ1) is 8.09. The Morgan fingerprint density at radius 1 is 1.53 bits per heavy atom. The second-order valence-electron chi connectivity index (χ2n) is 4.51. The van der Waals surface area contributed by atoms with Gasteiger partial charge in [-0.25, -0.2) is 4.98 Å². The number of anilines is 1. The van der Waals surface area contributed by atoms with Gasteiger partial charge in [-0.15, -0.1) is 0 Å². The SMILES string of the molecule is CN1CCC(N(C)c2nc[nH]c(=O)c2Br)CC1. The van der Waals surface area contributed by atoms with Gasteiger partial charge >= 0.3 is 0 Å². The normalized spacial score (nSPS) is 18.3. The predicted octanol–water partition coefficient (Wildman–Crippen LogP) is 1.06. The molecule has 0 amide bonds. The van der Waals surface area contributed by atoms with Gasteiger partial charge in [0.1, 0.15) is 10.3 Å². The summed E-state index contributed by atoms with van der Waals surface area (Å²) in [5, 5.41) is 0. The van der Waals surface area contributed by atoms with Gasteiger partial charge in [0.05, 0.1) is 6.33 Å². The van der Waals surface area contributed by atoms with E-state index < -0.39 is 0 Å². The summed E-state index contributed by atoms with van der Waals surface area (Å²) in [5.74, 6) is 0.725. The monoisotopic (exact) mass is 300 g/mol. The van der Waals surface area contributed by atoms with Gasteiger partial charge in [-0.2, -0.15) is 0 Å². The first kappa shape index (κ1) is 12.6. The lowest BCUT2D eigenvalue weighted by molar-refractivity contribution is 0.252. The molecule has 0 aromatic carbocycles. The van der Waals surface area contributed by atoms with Crippen LogP contribution in [0.3, 0.4) is 0 Å². The molecule has 1 aromatic rings. The maximum atomic E-state index is 11.5. The first-order valence-corrected chi connectivity index (χ1v) is 6.53. The topological polar surface area (TPSA) is 52.2 Å². The number of hydrogen-bond acceptors (Lipinski definition) is 4. The molecule has 6 heteroatoms. The highest BCUT2D eigenvalue weighted by Gasteiger charge is 2.23. The lowest BCUT2D eigenvalue weighted by Gasteiger charge is -2.35. The van der Waals surface area contributed by atoms with Crippen molar-refractivity contribution in [2.75, 3.05) is 32.1 Å². The highest BCUT2D eigenvalue weighted by atomic mass is 79.9. The number of H-pyrrole nitrogens is 1. The van der Waals surface area contributed by atoms with E-state index in [0.717, 1.165) is 31.7 Å². The first-order valence-electron chi connectivity index (χ1n) is 5.74. The number of piperidine rings is 1. The smallest absolute Gasteiger partial charge is 0.267 e. The van der Waals surface area contributed by atoms with Crippen LogP contribution in [0.25, 0.3) is 0 Å². The molecule has 1 aliphatic heterocycles. The molecular formula is C11H17BrN4O. The molecule has 94 valence electrons. The van der Waals surface area contributed by atoms with Crippen molar-refractivity contribution in [3.8, 4) is 0 Å². The third kappa shape index (κ3) is 2.69. The predicted molar refractivity (Wildman–Crippen MR) is 71.5 cm³/mol. The van der Waals surface area contributed by atoms with Crippen LogP contribution in [-0.2, 0) is 0 Å². The minimum Gasteiger partial charge on any atom is -0.355 e. The third-order valence-electron chi connectivity index (χ3n) is 3.35. The Bertz CT molecular complexity index is 439. The van der Waals surface area contributed by atoms with E-state index in [0.29, 0.717) is 10.5 Å². The van der Waals surface area contributed by atoms with Crippen LogP contribution in [0.1, 0.15) is 12.8 Å². The standard InChI is InChI=1S/C11H17BrN4O/c1-15-5-3-8(4-6-15)16(2)10-9(12)11(17)14-7-13-10/h7-8H,3-6H2,1-2H3,(H,13,14,17). The van der Waals surface area contributed by atoms with Crippen molar-refractivity contribution < 1.29 is 0 Å². The van der Waals surface area contributed by atoms with E-state index in [1.54, 1.807) is 0 Å². The number of hydrogen-bond donors (Lipinski definition) is 1. The lowest BCUT2D eigenvalue weighted by Crippen LogP contribution is -2.42. The molecule has 0 saturated carbocycles. The van der Waals surface area contributed by atoms with Crippen molar-refractivity contribution >= 4 is 21.7 Å². The molecule has 1 saturated heterocycles. The van der Waals surface area contributed by atoms with E-state index in [-0.39, 0.29) is 5.56 Å². The molecule has 0 unspecified atom stereocenters. The van der Waals surface area contributed by atoms with Crippen LogP contribution in [0, 0.1) is 0 Å². The molecule has 0 aliphatic carbocycles. The number of aromatic amines is 1. The zero-order chi connectivity index (χ0) is 12.4. The van der Waals surface area contributed by atoms with Crippen LogP contribution in [0.5, 0.6) is 0 Å². The Labute approximate surface area is 109 Å². The number of likely N-dealkylation sites (tertiary alicyclic amines) is 1. The van der Waals surface area contributed by atoms with Crippen molar-refractivity contribution in [2.24, 2.45) is 0 Å². The van der Waals surface area contributed by atoms with E-state index in [9.17, 15) is 4.79 Å². The molecule has 1 aromatic heterocycles.